The molecule has 132 valence electrons. The van der Waals surface area contributed by atoms with Crippen LogP contribution in [-0.2, 0) is 10.2 Å². The number of piperidine rings is 1. The van der Waals surface area contributed by atoms with E-state index in [4.69, 9.17) is 0 Å². The van der Waals surface area contributed by atoms with E-state index in [0.29, 0.717) is 0 Å². The molecule has 0 radical (unpaired) electrons. The van der Waals surface area contributed by atoms with Crippen molar-refractivity contribution in [3.05, 3.63) is 34.3 Å². The van der Waals surface area contributed by atoms with Gasteiger partial charge in [-0.25, -0.2) is 0 Å². The molecule has 4 heteroatoms. The molecule has 1 atom stereocenters. The lowest BCUT2D eigenvalue weighted by molar-refractivity contribution is -0.124. The molecule has 24 heavy (non-hydrogen) atoms. The van der Waals surface area contributed by atoms with Gasteiger partial charge in [-0.2, -0.15) is 0 Å². The minimum Gasteiger partial charge on any atom is -0.353 e. The predicted octanol–water partition coefficient (Wildman–Crippen LogP) is 4.11. The molecule has 1 N–H and O–H groups in total. The van der Waals surface area contributed by atoms with Gasteiger partial charge < -0.3 is 5.32 Å². The average Bonchev–Trinajstić information content (AvgIpc) is 3.35. The number of nitrogens with one attached hydrogen (secondary N) is 1. The lowest BCUT2D eigenvalue weighted by Crippen LogP contribution is -2.55. The van der Waals surface area contributed by atoms with Gasteiger partial charge in [0.25, 0.3) is 0 Å². The number of rotatable bonds is 5. The smallest absolute Gasteiger partial charge is 0.230 e. The summed E-state index contributed by atoms with van der Waals surface area (Å²) in [4.78, 5) is 15.4. The first kappa shape index (κ1) is 17.9. The highest BCUT2D eigenvalue weighted by molar-refractivity contribution is 9.10. The van der Waals surface area contributed by atoms with E-state index >= 15 is 0 Å². The summed E-state index contributed by atoms with van der Waals surface area (Å²) < 4.78 is 1.06. The maximum Gasteiger partial charge on any atom is 0.230 e. The van der Waals surface area contributed by atoms with E-state index in [1.807, 2.05) is 12.1 Å². The Morgan fingerprint density at radius 1 is 1.33 bits per heavy atom. The third kappa shape index (κ3) is 3.70. The molecule has 0 unspecified atom stereocenters. The zero-order chi connectivity index (χ0) is 17.4. The zero-order valence-corrected chi connectivity index (χ0v) is 16.7. The summed E-state index contributed by atoms with van der Waals surface area (Å²) in [6, 6.07) is 8.21. The van der Waals surface area contributed by atoms with Gasteiger partial charge >= 0.3 is 0 Å². The molecule has 3 rings (SSSR count). The third-order valence-corrected chi connectivity index (χ3v) is 6.30. The standard InChI is InChI=1S/C20H29BrN2O/c1-15-5-4-12-23(13-15)19(2,3)14-22-18(24)20(10-11-20)16-6-8-17(21)9-7-16/h6-9,15H,4-5,10-14H2,1-3H3,(H,22,24)/t15-/m1/s1. The largest absolute Gasteiger partial charge is 0.353 e. The molecular formula is C20H29BrN2O. The highest BCUT2D eigenvalue weighted by Gasteiger charge is 2.51. The summed E-state index contributed by atoms with van der Waals surface area (Å²) in [5.41, 5.74) is 0.874. The van der Waals surface area contributed by atoms with Gasteiger partial charge in [0.05, 0.1) is 5.41 Å². The lowest BCUT2D eigenvalue weighted by atomic mass is 9.92. The summed E-state index contributed by atoms with van der Waals surface area (Å²) in [6.45, 7) is 9.84. The van der Waals surface area contributed by atoms with Crippen LogP contribution in [0.2, 0.25) is 0 Å². The quantitative estimate of drug-likeness (QED) is 0.817. The Kier molecular flexibility index (Phi) is 5.08. The number of carbonyl (C=O) groups is 1. The summed E-state index contributed by atoms with van der Waals surface area (Å²) in [6.07, 6.45) is 4.51. The summed E-state index contributed by atoms with van der Waals surface area (Å²) in [7, 11) is 0. The van der Waals surface area contributed by atoms with Crippen molar-refractivity contribution in [2.45, 2.75) is 57.4 Å². The van der Waals surface area contributed by atoms with E-state index in [-0.39, 0.29) is 16.9 Å². The Labute approximate surface area is 154 Å². The first-order valence-corrected chi connectivity index (χ1v) is 9.92. The van der Waals surface area contributed by atoms with E-state index in [1.165, 1.54) is 12.8 Å². The molecular weight excluding hydrogens is 364 g/mol. The highest BCUT2D eigenvalue weighted by Crippen LogP contribution is 2.48. The average molecular weight is 393 g/mol. The van der Waals surface area contributed by atoms with Crippen LogP contribution in [-0.4, -0.2) is 36.0 Å². The van der Waals surface area contributed by atoms with Crippen molar-refractivity contribution in [1.29, 1.82) is 0 Å². The molecule has 1 aliphatic heterocycles. The van der Waals surface area contributed by atoms with Gasteiger partial charge in [0.2, 0.25) is 5.91 Å². The zero-order valence-electron chi connectivity index (χ0n) is 15.1. The summed E-state index contributed by atoms with van der Waals surface area (Å²) in [5.74, 6) is 0.953. The summed E-state index contributed by atoms with van der Waals surface area (Å²) in [5, 5.41) is 3.26. The van der Waals surface area contributed by atoms with E-state index in [0.717, 1.165) is 48.4 Å². The lowest BCUT2D eigenvalue weighted by Gasteiger charge is -2.43. The van der Waals surface area contributed by atoms with Crippen LogP contribution >= 0.6 is 15.9 Å². The van der Waals surface area contributed by atoms with Crippen molar-refractivity contribution in [1.82, 2.24) is 10.2 Å². The maximum absolute atomic E-state index is 12.9. The van der Waals surface area contributed by atoms with Gasteiger partial charge in [-0.1, -0.05) is 35.0 Å². The van der Waals surface area contributed by atoms with Crippen molar-refractivity contribution in [3.63, 3.8) is 0 Å². The van der Waals surface area contributed by atoms with Crippen LogP contribution in [0.15, 0.2) is 28.7 Å². The van der Waals surface area contributed by atoms with Gasteiger partial charge in [0.15, 0.2) is 0 Å². The van der Waals surface area contributed by atoms with Gasteiger partial charge in [0, 0.05) is 23.1 Å². The number of halogens is 1. The molecule has 2 aliphatic rings. The molecule has 1 aliphatic carbocycles. The van der Waals surface area contributed by atoms with Gasteiger partial charge in [-0.15, -0.1) is 0 Å². The van der Waals surface area contributed by atoms with Gasteiger partial charge in [-0.05, 0) is 69.7 Å². The van der Waals surface area contributed by atoms with Crippen LogP contribution in [0.4, 0.5) is 0 Å². The molecule has 0 aromatic heterocycles. The molecule has 1 saturated heterocycles. The van der Waals surface area contributed by atoms with Crippen LogP contribution < -0.4 is 5.32 Å². The number of hydrogen-bond donors (Lipinski definition) is 1. The van der Waals surface area contributed by atoms with Crippen molar-refractivity contribution in [2.24, 2.45) is 5.92 Å². The molecule has 1 aromatic rings. The fourth-order valence-corrected chi connectivity index (χ4v) is 4.12. The Hall–Kier alpha value is -0.870. The monoisotopic (exact) mass is 392 g/mol. The van der Waals surface area contributed by atoms with Crippen LogP contribution in [0.5, 0.6) is 0 Å². The fraction of sp³-hybridized carbons (Fsp3) is 0.650. The SMILES string of the molecule is C[C@@H]1CCCN(C(C)(C)CNC(=O)C2(c3ccc(Br)cc3)CC2)C1. The number of nitrogens with zero attached hydrogens (tertiary/aromatic N) is 1. The Bertz CT molecular complexity index is 592. The Balaban J connectivity index is 1.61. The van der Waals surface area contributed by atoms with E-state index in [1.54, 1.807) is 0 Å². The number of carbonyl (C=O) groups excluding carboxylic acids is 1. The number of hydrogen-bond acceptors (Lipinski definition) is 2. The normalized spacial score (nSPS) is 23.8. The van der Waals surface area contributed by atoms with Crippen molar-refractivity contribution >= 4 is 21.8 Å². The second kappa shape index (κ2) is 6.80. The van der Waals surface area contributed by atoms with Gasteiger partial charge in [-0.3, -0.25) is 9.69 Å². The number of benzene rings is 1. The number of amides is 1. The van der Waals surface area contributed by atoms with Crippen LogP contribution in [0.25, 0.3) is 0 Å². The van der Waals surface area contributed by atoms with E-state index in [9.17, 15) is 4.79 Å². The molecule has 1 aromatic carbocycles. The Morgan fingerprint density at radius 3 is 2.58 bits per heavy atom. The fourth-order valence-electron chi connectivity index (χ4n) is 3.86. The molecule has 3 nitrogen and oxygen atoms in total. The first-order chi connectivity index (χ1) is 11.3. The maximum atomic E-state index is 12.9. The van der Waals surface area contributed by atoms with E-state index < -0.39 is 0 Å². The van der Waals surface area contributed by atoms with Crippen molar-refractivity contribution in [3.8, 4) is 0 Å². The van der Waals surface area contributed by atoms with Crippen molar-refractivity contribution in [2.75, 3.05) is 19.6 Å². The molecule has 1 heterocycles. The molecule has 0 spiro atoms. The number of likely N-dealkylation sites (tertiary alicyclic amines) is 1. The second-order valence-corrected chi connectivity index (χ2v) is 9.19. The highest BCUT2D eigenvalue weighted by atomic mass is 79.9. The first-order valence-electron chi connectivity index (χ1n) is 9.13. The minimum atomic E-state index is -0.286. The summed E-state index contributed by atoms with van der Waals surface area (Å²) >= 11 is 3.47. The molecule has 1 saturated carbocycles. The minimum absolute atomic E-state index is 0.0140. The molecule has 2 fully saturated rings. The molecule has 1 amide bonds. The predicted molar refractivity (Wildman–Crippen MR) is 102 cm³/mol. The molecule has 0 bridgehead atoms. The van der Waals surface area contributed by atoms with Crippen LogP contribution in [0, 0.1) is 5.92 Å². The second-order valence-electron chi connectivity index (χ2n) is 8.28. The van der Waals surface area contributed by atoms with Crippen LogP contribution in [0.3, 0.4) is 0 Å². The van der Waals surface area contributed by atoms with Gasteiger partial charge in [0.1, 0.15) is 0 Å². The van der Waals surface area contributed by atoms with Crippen molar-refractivity contribution < 1.29 is 4.79 Å². The van der Waals surface area contributed by atoms with Crippen LogP contribution in [0.1, 0.15) is 52.0 Å². The van der Waals surface area contributed by atoms with E-state index in [2.05, 4.69) is 59.1 Å². The Morgan fingerprint density at radius 2 is 2.00 bits per heavy atom. The topological polar surface area (TPSA) is 32.3 Å². The third-order valence-electron chi connectivity index (χ3n) is 5.78.